The smallest absolute Gasteiger partial charge is 0.383 e. The topological polar surface area (TPSA) is 48.6 Å². The summed E-state index contributed by atoms with van der Waals surface area (Å²) in [6.07, 6.45) is 3.21. The molecule has 0 aliphatic carbocycles. The Labute approximate surface area is 134 Å². The molecule has 0 unspecified atom stereocenters. The first-order valence-corrected chi connectivity index (χ1v) is 8.45. The zero-order valence-corrected chi connectivity index (χ0v) is 13.1. The molecular formula is C17H15NO4P+. The van der Waals surface area contributed by atoms with E-state index in [1.807, 2.05) is 18.2 Å². The van der Waals surface area contributed by atoms with E-state index >= 15 is 0 Å². The van der Waals surface area contributed by atoms with E-state index in [0.717, 1.165) is 0 Å². The molecule has 0 bridgehead atoms. The minimum Gasteiger partial charge on any atom is -0.383 e. The number of hydrogen-bond acceptors (Lipinski definition) is 4. The van der Waals surface area contributed by atoms with Crippen molar-refractivity contribution in [3.8, 4) is 11.5 Å². The van der Waals surface area contributed by atoms with Crippen molar-refractivity contribution >= 4 is 7.82 Å². The van der Waals surface area contributed by atoms with Crippen LogP contribution in [-0.2, 0) is 4.57 Å². The third kappa shape index (κ3) is 4.34. The number of aromatic nitrogens is 1. The first-order chi connectivity index (χ1) is 11.2. The van der Waals surface area contributed by atoms with Gasteiger partial charge in [-0.05, 0) is 24.3 Å². The second kappa shape index (κ2) is 6.99. The van der Waals surface area contributed by atoms with Crippen LogP contribution in [0, 0.1) is 0 Å². The van der Waals surface area contributed by atoms with Gasteiger partial charge in [-0.3, -0.25) is 0 Å². The summed E-state index contributed by atoms with van der Waals surface area (Å²) in [5, 5.41) is 0. The van der Waals surface area contributed by atoms with Crippen molar-refractivity contribution in [3.63, 3.8) is 0 Å². The molecule has 1 aromatic heterocycles. The Bertz CT molecular complexity index is 673. The highest BCUT2D eigenvalue weighted by Gasteiger charge is 2.38. The van der Waals surface area contributed by atoms with E-state index in [-0.39, 0.29) is 0 Å². The zero-order chi connectivity index (χ0) is 16.0. The monoisotopic (exact) mass is 328 g/mol. The Morgan fingerprint density at radius 2 is 1.09 bits per heavy atom. The minimum atomic E-state index is -3.92. The number of nitrogens with zero attached hydrogens (tertiary/aromatic N) is 1. The third-order valence-corrected chi connectivity index (χ3v) is 4.06. The molecule has 0 N–H and O–H groups in total. The lowest BCUT2D eigenvalue weighted by atomic mass is 10.3. The fourth-order valence-electron chi connectivity index (χ4n) is 1.83. The number of phosphoric ester groups is 1. The Hall–Kier alpha value is -2.78. The Morgan fingerprint density at radius 1 is 0.652 bits per heavy atom. The molecule has 0 aliphatic rings. The van der Waals surface area contributed by atoms with Crippen molar-refractivity contribution in [1.29, 1.82) is 0 Å². The van der Waals surface area contributed by atoms with Crippen molar-refractivity contribution in [2.75, 3.05) is 0 Å². The highest BCUT2D eigenvalue weighted by atomic mass is 31.2. The van der Waals surface area contributed by atoms with Gasteiger partial charge in [0.25, 0.3) is 0 Å². The standard InChI is InChI=1S/C17H15NO4P/c19-23(20-16-10-4-1-5-11-16,21-17-12-6-2-7-13-17)22-18-14-8-3-9-15-18/h1-15H/q+1. The number of para-hydroxylation sites is 2. The summed E-state index contributed by atoms with van der Waals surface area (Å²) in [4.78, 5) is 0. The van der Waals surface area contributed by atoms with E-state index in [2.05, 4.69) is 0 Å². The van der Waals surface area contributed by atoms with E-state index in [0.29, 0.717) is 11.5 Å². The van der Waals surface area contributed by atoms with Crippen molar-refractivity contribution < 1.29 is 23.0 Å². The van der Waals surface area contributed by atoms with E-state index in [9.17, 15) is 4.57 Å². The lowest BCUT2D eigenvalue weighted by Gasteiger charge is -2.14. The van der Waals surface area contributed by atoms with Gasteiger partial charge in [0, 0.05) is 16.9 Å². The van der Waals surface area contributed by atoms with Gasteiger partial charge in [0.2, 0.25) is 12.4 Å². The van der Waals surface area contributed by atoms with E-state index < -0.39 is 7.82 Å². The average molecular weight is 328 g/mol. The molecule has 0 saturated heterocycles. The molecule has 0 amide bonds. The highest BCUT2D eigenvalue weighted by molar-refractivity contribution is 7.49. The summed E-state index contributed by atoms with van der Waals surface area (Å²) in [5.74, 6) is 0.784. The highest BCUT2D eigenvalue weighted by Crippen LogP contribution is 2.45. The van der Waals surface area contributed by atoms with E-state index in [1.54, 1.807) is 73.1 Å². The molecule has 116 valence electrons. The van der Waals surface area contributed by atoms with E-state index in [1.165, 1.54) is 4.73 Å². The molecule has 0 saturated carbocycles. The summed E-state index contributed by atoms with van der Waals surface area (Å²) in [6, 6.07) is 22.8. The minimum absolute atomic E-state index is 0.392. The Balaban J connectivity index is 1.87. The zero-order valence-electron chi connectivity index (χ0n) is 12.2. The van der Waals surface area contributed by atoms with Crippen LogP contribution in [0.15, 0.2) is 91.3 Å². The maximum Gasteiger partial charge on any atom is 0.700 e. The van der Waals surface area contributed by atoms with Gasteiger partial charge in [-0.15, -0.1) is 4.62 Å². The summed E-state index contributed by atoms with van der Waals surface area (Å²) in [6.45, 7) is 0. The maximum absolute atomic E-state index is 13.0. The fourth-order valence-corrected chi connectivity index (χ4v) is 3.03. The van der Waals surface area contributed by atoms with Gasteiger partial charge in [0.1, 0.15) is 11.5 Å². The molecule has 0 atom stereocenters. The molecule has 23 heavy (non-hydrogen) atoms. The Morgan fingerprint density at radius 3 is 1.57 bits per heavy atom. The molecular weight excluding hydrogens is 313 g/mol. The van der Waals surface area contributed by atoms with Gasteiger partial charge in [0.05, 0.1) is 0 Å². The molecule has 3 aromatic rings. The summed E-state index contributed by atoms with van der Waals surface area (Å²) < 4.78 is 30.8. The summed E-state index contributed by atoms with van der Waals surface area (Å²) in [7, 11) is -3.92. The van der Waals surface area contributed by atoms with Gasteiger partial charge in [-0.2, -0.15) is 4.57 Å². The number of benzene rings is 2. The van der Waals surface area contributed by atoms with Crippen LogP contribution >= 0.6 is 7.82 Å². The van der Waals surface area contributed by atoms with Crippen LogP contribution in [0.5, 0.6) is 11.5 Å². The molecule has 1 heterocycles. The van der Waals surface area contributed by atoms with Crippen LogP contribution < -0.4 is 18.4 Å². The van der Waals surface area contributed by atoms with Gasteiger partial charge in [-0.25, -0.2) is 0 Å². The molecule has 0 radical (unpaired) electrons. The van der Waals surface area contributed by atoms with Gasteiger partial charge in [-0.1, -0.05) is 42.5 Å². The molecule has 0 fully saturated rings. The first kappa shape index (κ1) is 15.1. The predicted molar refractivity (Wildman–Crippen MR) is 85.0 cm³/mol. The normalized spacial score (nSPS) is 10.8. The largest absolute Gasteiger partial charge is 0.700 e. The van der Waals surface area contributed by atoms with Crippen molar-refractivity contribution in [3.05, 3.63) is 91.3 Å². The number of hydrogen-bond donors (Lipinski definition) is 0. The summed E-state index contributed by atoms with van der Waals surface area (Å²) in [5.41, 5.74) is 0. The van der Waals surface area contributed by atoms with Gasteiger partial charge in [0.15, 0.2) is 0 Å². The van der Waals surface area contributed by atoms with Crippen LogP contribution in [0.3, 0.4) is 0 Å². The van der Waals surface area contributed by atoms with Crippen LogP contribution in [0.4, 0.5) is 0 Å². The number of phosphoric acid groups is 1. The fraction of sp³-hybridized carbons (Fsp3) is 0. The van der Waals surface area contributed by atoms with E-state index in [4.69, 9.17) is 13.7 Å². The van der Waals surface area contributed by atoms with Crippen LogP contribution in [-0.4, -0.2) is 0 Å². The van der Waals surface area contributed by atoms with Gasteiger partial charge < -0.3 is 9.05 Å². The van der Waals surface area contributed by atoms with Crippen LogP contribution in [0.2, 0.25) is 0 Å². The van der Waals surface area contributed by atoms with Crippen molar-refractivity contribution in [2.24, 2.45) is 0 Å². The van der Waals surface area contributed by atoms with Crippen LogP contribution in [0.25, 0.3) is 0 Å². The SMILES string of the molecule is O=P(Oc1ccccc1)(Oc1ccccc1)O[n+]1ccccc1. The second-order valence-electron chi connectivity index (χ2n) is 4.57. The molecule has 2 aromatic carbocycles. The molecule has 0 spiro atoms. The van der Waals surface area contributed by atoms with Crippen LogP contribution in [0.1, 0.15) is 0 Å². The van der Waals surface area contributed by atoms with Crippen molar-refractivity contribution in [1.82, 2.24) is 0 Å². The molecule has 5 nitrogen and oxygen atoms in total. The second-order valence-corrected chi connectivity index (χ2v) is 6.00. The number of rotatable bonds is 6. The lowest BCUT2D eigenvalue weighted by molar-refractivity contribution is -0.860. The molecule has 0 aliphatic heterocycles. The first-order valence-electron chi connectivity index (χ1n) is 6.99. The number of pyridine rings is 1. The lowest BCUT2D eigenvalue weighted by Crippen LogP contribution is -2.41. The predicted octanol–water partition coefficient (Wildman–Crippen LogP) is 3.67. The quantitative estimate of drug-likeness (QED) is 0.512. The average Bonchev–Trinajstić information content (AvgIpc) is 2.57. The molecule has 6 heteroatoms. The third-order valence-electron chi connectivity index (χ3n) is 2.80. The van der Waals surface area contributed by atoms with Gasteiger partial charge >= 0.3 is 7.82 Å². The summed E-state index contributed by atoms with van der Waals surface area (Å²) >= 11 is 0. The molecule has 3 rings (SSSR count). The van der Waals surface area contributed by atoms with Crippen molar-refractivity contribution in [2.45, 2.75) is 0 Å². The Kier molecular flexibility index (Phi) is 4.60. The maximum atomic E-state index is 13.0.